The van der Waals surface area contributed by atoms with Crippen LogP contribution in [0.3, 0.4) is 0 Å². The van der Waals surface area contributed by atoms with Crippen molar-refractivity contribution < 1.29 is 33.8 Å². The van der Waals surface area contributed by atoms with E-state index in [0.29, 0.717) is 0 Å². The SMILES string of the molecule is CC(C)[C@H](NC(=O)[C@@H](N)CCC(=O)O)C(=O)N[C@H](C(=O)OC(C)(C)C)[C@@H](C)OC(C)(C)C. The fourth-order valence-corrected chi connectivity index (χ4v) is 2.81. The topological polar surface area (TPSA) is 157 Å². The summed E-state index contributed by atoms with van der Waals surface area (Å²) in [5.74, 6) is -3.30. The van der Waals surface area contributed by atoms with E-state index in [4.69, 9.17) is 20.3 Å². The maximum Gasteiger partial charge on any atom is 0.331 e. The summed E-state index contributed by atoms with van der Waals surface area (Å²) in [7, 11) is 0. The first-order valence-electron chi connectivity index (χ1n) is 10.8. The zero-order valence-corrected chi connectivity index (χ0v) is 20.8. The molecule has 0 saturated heterocycles. The Labute approximate surface area is 191 Å². The first-order valence-corrected chi connectivity index (χ1v) is 10.8. The number of carbonyl (C=O) groups is 4. The number of esters is 1. The molecule has 0 heterocycles. The second-order valence-corrected chi connectivity index (χ2v) is 10.2. The number of amides is 2. The number of nitrogens with one attached hydrogen (secondary N) is 2. The van der Waals surface area contributed by atoms with E-state index >= 15 is 0 Å². The third-order valence-electron chi connectivity index (χ3n) is 4.22. The molecule has 0 unspecified atom stereocenters. The van der Waals surface area contributed by atoms with E-state index in [1.807, 2.05) is 20.8 Å². The lowest BCUT2D eigenvalue weighted by atomic mass is 10.0. The quantitative estimate of drug-likeness (QED) is 0.337. The van der Waals surface area contributed by atoms with Crippen molar-refractivity contribution in [3.05, 3.63) is 0 Å². The normalized spacial score (nSPS) is 16.0. The second kappa shape index (κ2) is 12.2. The summed E-state index contributed by atoms with van der Waals surface area (Å²) in [4.78, 5) is 48.9. The highest BCUT2D eigenvalue weighted by Gasteiger charge is 2.36. The van der Waals surface area contributed by atoms with E-state index in [2.05, 4.69) is 10.6 Å². The molecule has 0 fully saturated rings. The number of rotatable bonds is 11. The van der Waals surface area contributed by atoms with E-state index in [1.54, 1.807) is 41.5 Å². The van der Waals surface area contributed by atoms with Crippen LogP contribution in [0, 0.1) is 5.92 Å². The van der Waals surface area contributed by atoms with Crippen molar-refractivity contribution in [3.8, 4) is 0 Å². The van der Waals surface area contributed by atoms with Crippen molar-refractivity contribution in [2.45, 2.75) is 111 Å². The summed E-state index contributed by atoms with van der Waals surface area (Å²) in [6.07, 6.45) is -1.05. The predicted molar refractivity (Wildman–Crippen MR) is 120 cm³/mol. The van der Waals surface area contributed by atoms with Gasteiger partial charge in [-0.3, -0.25) is 14.4 Å². The standard InChI is InChI=1S/C22H41N3O7/c1-12(2)16(24-18(28)14(23)10-11-15(26)27)19(29)25-17(13(3)31-21(4,5)6)20(30)32-22(7,8)9/h12-14,16-17H,10-11,23H2,1-9H3,(H,24,28)(H,25,29)(H,26,27)/t13-,14+,16+,17+/m1/s1. The zero-order valence-electron chi connectivity index (χ0n) is 20.8. The van der Waals surface area contributed by atoms with E-state index in [0.717, 1.165) is 0 Å². The lowest BCUT2D eigenvalue weighted by Gasteiger charge is -2.33. The molecule has 0 radical (unpaired) electrons. The van der Waals surface area contributed by atoms with Gasteiger partial charge >= 0.3 is 11.9 Å². The number of ether oxygens (including phenoxy) is 2. The summed E-state index contributed by atoms with van der Waals surface area (Å²) in [6.45, 7) is 15.7. The summed E-state index contributed by atoms with van der Waals surface area (Å²) in [6, 6.07) is -3.19. The van der Waals surface area contributed by atoms with E-state index < -0.39 is 59.2 Å². The molecule has 0 aliphatic carbocycles. The minimum Gasteiger partial charge on any atom is -0.481 e. The van der Waals surface area contributed by atoms with Crippen LogP contribution in [0.4, 0.5) is 0 Å². The summed E-state index contributed by atoms with van der Waals surface area (Å²) in [5, 5.41) is 14.0. The highest BCUT2D eigenvalue weighted by atomic mass is 16.6. The molecule has 0 aliphatic rings. The Morgan fingerprint density at radius 3 is 1.78 bits per heavy atom. The Balaban J connectivity index is 5.54. The van der Waals surface area contributed by atoms with Crippen molar-refractivity contribution in [2.75, 3.05) is 0 Å². The predicted octanol–water partition coefficient (Wildman–Crippen LogP) is 1.35. The Bertz CT molecular complexity index is 665. The molecule has 0 spiro atoms. The Kier molecular flexibility index (Phi) is 11.3. The molecule has 0 bridgehead atoms. The smallest absolute Gasteiger partial charge is 0.331 e. The average molecular weight is 460 g/mol. The lowest BCUT2D eigenvalue weighted by Crippen LogP contribution is -2.59. The van der Waals surface area contributed by atoms with Crippen molar-refractivity contribution in [1.82, 2.24) is 10.6 Å². The van der Waals surface area contributed by atoms with Crippen LogP contribution in [-0.2, 0) is 28.7 Å². The molecule has 0 aromatic carbocycles. The number of carboxylic acids is 1. The molecule has 0 rings (SSSR count). The number of aliphatic carboxylic acids is 1. The van der Waals surface area contributed by atoms with Gasteiger partial charge in [0.2, 0.25) is 11.8 Å². The summed E-state index contributed by atoms with van der Waals surface area (Å²) in [5.41, 5.74) is 4.40. The minimum absolute atomic E-state index is 0.0649. The lowest BCUT2D eigenvalue weighted by molar-refractivity contribution is -0.166. The molecule has 5 N–H and O–H groups in total. The third-order valence-corrected chi connectivity index (χ3v) is 4.22. The Hall–Kier alpha value is -2.20. The molecule has 10 heteroatoms. The van der Waals surface area contributed by atoms with Gasteiger partial charge < -0.3 is 30.9 Å². The van der Waals surface area contributed by atoms with Crippen LogP contribution in [-0.4, -0.2) is 64.3 Å². The van der Waals surface area contributed by atoms with Gasteiger partial charge in [0.25, 0.3) is 0 Å². The molecule has 10 nitrogen and oxygen atoms in total. The molecule has 0 aromatic heterocycles. The van der Waals surface area contributed by atoms with Gasteiger partial charge in [0.15, 0.2) is 6.04 Å². The van der Waals surface area contributed by atoms with Gasteiger partial charge in [-0.15, -0.1) is 0 Å². The fourth-order valence-electron chi connectivity index (χ4n) is 2.81. The molecular weight excluding hydrogens is 418 g/mol. The van der Waals surface area contributed by atoms with Gasteiger partial charge in [0.05, 0.1) is 17.7 Å². The number of nitrogens with two attached hydrogens (primary N) is 1. The zero-order chi connectivity index (χ0) is 25.4. The average Bonchev–Trinajstić information content (AvgIpc) is 2.57. The number of hydrogen-bond acceptors (Lipinski definition) is 7. The van der Waals surface area contributed by atoms with Crippen LogP contribution in [0.2, 0.25) is 0 Å². The largest absolute Gasteiger partial charge is 0.481 e. The molecule has 186 valence electrons. The number of carboxylic acid groups (broad SMARTS) is 1. The minimum atomic E-state index is -1.11. The van der Waals surface area contributed by atoms with Gasteiger partial charge in [-0.1, -0.05) is 13.8 Å². The van der Waals surface area contributed by atoms with Crippen LogP contribution >= 0.6 is 0 Å². The van der Waals surface area contributed by atoms with Gasteiger partial charge in [0, 0.05) is 6.42 Å². The molecule has 0 aliphatic heterocycles. The van der Waals surface area contributed by atoms with Crippen LogP contribution in [0.5, 0.6) is 0 Å². The highest BCUT2D eigenvalue weighted by Crippen LogP contribution is 2.17. The van der Waals surface area contributed by atoms with Gasteiger partial charge in [0.1, 0.15) is 11.6 Å². The molecule has 32 heavy (non-hydrogen) atoms. The van der Waals surface area contributed by atoms with E-state index in [-0.39, 0.29) is 18.8 Å². The maximum atomic E-state index is 13.0. The van der Waals surface area contributed by atoms with E-state index in [1.165, 1.54) is 0 Å². The van der Waals surface area contributed by atoms with Crippen molar-refractivity contribution in [2.24, 2.45) is 11.7 Å². The first-order chi connectivity index (χ1) is 14.3. The van der Waals surface area contributed by atoms with Crippen LogP contribution < -0.4 is 16.4 Å². The fraction of sp³-hybridized carbons (Fsp3) is 0.818. The molecule has 4 atom stereocenters. The van der Waals surface area contributed by atoms with Crippen molar-refractivity contribution in [1.29, 1.82) is 0 Å². The van der Waals surface area contributed by atoms with Crippen LogP contribution in [0.25, 0.3) is 0 Å². The first kappa shape index (κ1) is 29.8. The Morgan fingerprint density at radius 1 is 0.875 bits per heavy atom. The molecular formula is C22H41N3O7. The number of hydrogen-bond donors (Lipinski definition) is 4. The molecule has 2 amide bonds. The van der Waals surface area contributed by atoms with Crippen LogP contribution in [0.15, 0.2) is 0 Å². The van der Waals surface area contributed by atoms with Gasteiger partial charge in [-0.05, 0) is 60.8 Å². The molecule has 0 saturated carbocycles. The molecule has 0 aromatic rings. The number of carbonyl (C=O) groups excluding carboxylic acids is 3. The second-order valence-electron chi connectivity index (χ2n) is 10.2. The van der Waals surface area contributed by atoms with Gasteiger partial charge in [-0.25, -0.2) is 4.79 Å². The third kappa shape index (κ3) is 12.0. The van der Waals surface area contributed by atoms with Crippen LogP contribution in [0.1, 0.15) is 75.2 Å². The monoisotopic (exact) mass is 459 g/mol. The summed E-state index contributed by atoms with van der Waals surface area (Å²) >= 11 is 0. The van der Waals surface area contributed by atoms with Crippen molar-refractivity contribution >= 4 is 23.8 Å². The highest BCUT2D eigenvalue weighted by molar-refractivity contribution is 5.92. The summed E-state index contributed by atoms with van der Waals surface area (Å²) < 4.78 is 11.3. The Morgan fingerprint density at radius 2 is 1.38 bits per heavy atom. The maximum absolute atomic E-state index is 13.0. The van der Waals surface area contributed by atoms with Crippen molar-refractivity contribution in [3.63, 3.8) is 0 Å². The van der Waals surface area contributed by atoms with Gasteiger partial charge in [-0.2, -0.15) is 0 Å². The van der Waals surface area contributed by atoms with E-state index in [9.17, 15) is 19.2 Å².